The third-order valence-corrected chi connectivity index (χ3v) is 5.70. The van der Waals surface area contributed by atoms with E-state index >= 15 is 0 Å². The molecule has 1 N–H and O–H groups in total. The number of fused-ring (bicyclic) bond motifs is 1. The van der Waals surface area contributed by atoms with E-state index in [2.05, 4.69) is 10.2 Å². The van der Waals surface area contributed by atoms with Crippen molar-refractivity contribution in [3.8, 4) is 11.5 Å². The Balaban J connectivity index is 1.42. The number of aliphatic carboxylic acids is 1. The zero-order chi connectivity index (χ0) is 18.8. The zero-order valence-electron chi connectivity index (χ0n) is 15.1. The van der Waals surface area contributed by atoms with Gasteiger partial charge in [0.15, 0.2) is 0 Å². The van der Waals surface area contributed by atoms with E-state index < -0.39 is 12.0 Å². The van der Waals surface area contributed by atoms with E-state index in [4.69, 9.17) is 4.42 Å². The van der Waals surface area contributed by atoms with Crippen LogP contribution in [0.3, 0.4) is 0 Å². The van der Waals surface area contributed by atoms with Crippen LogP contribution in [0.4, 0.5) is 0 Å². The highest BCUT2D eigenvalue weighted by Crippen LogP contribution is 2.40. The molecule has 0 spiro atoms. The van der Waals surface area contributed by atoms with Crippen molar-refractivity contribution in [3.05, 3.63) is 36.2 Å². The van der Waals surface area contributed by atoms with Gasteiger partial charge in [-0.3, -0.25) is 4.79 Å². The molecule has 3 atom stereocenters. The van der Waals surface area contributed by atoms with Crippen molar-refractivity contribution in [2.24, 2.45) is 5.92 Å². The monoisotopic (exact) mass is 369 g/mol. The molecule has 0 radical (unpaired) electrons. The predicted molar refractivity (Wildman–Crippen MR) is 96.7 cm³/mol. The Hall–Kier alpha value is -2.70. The first kappa shape index (κ1) is 17.7. The highest BCUT2D eigenvalue weighted by atomic mass is 16.4. The summed E-state index contributed by atoms with van der Waals surface area (Å²) in [5, 5.41) is 17.6. The van der Waals surface area contributed by atoms with Crippen LogP contribution in [0.25, 0.3) is 11.5 Å². The number of aromatic nitrogens is 2. The van der Waals surface area contributed by atoms with Crippen molar-refractivity contribution >= 4 is 11.9 Å². The van der Waals surface area contributed by atoms with E-state index in [1.54, 1.807) is 4.90 Å². The number of carboxylic acids is 1. The molecule has 2 aliphatic rings. The first-order chi connectivity index (χ1) is 13.1. The number of amides is 1. The van der Waals surface area contributed by atoms with Crippen molar-refractivity contribution < 1.29 is 19.1 Å². The van der Waals surface area contributed by atoms with Crippen LogP contribution in [-0.2, 0) is 16.0 Å². The minimum atomic E-state index is -0.901. The zero-order valence-corrected chi connectivity index (χ0v) is 15.1. The second kappa shape index (κ2) is 7.50. The first-order valence-corrected chi connectivity index (χ1v) is 9.55. The third kappa shape index (κ3) is 3.59. The molecule has 1 aromatic carbocycles. The maximum Gasteiger partial charge on any atom is 0.326 e. The molecule has 0 bridgehead atoms. The van der Waals surface area contributed by atoms with Gasteiger partial charge in [-0.15, -0.1) is 10.2 Å². The van der Waals surface area contributed by atoms with E-state index in [-0.39, 0.29) is 18.4 Å². The van der Waals surface area contributed by atoms with Crippen LogP contribution in [0.15, 0.2) is 34.7 Å². The largest absolute Gasteiger partial charge is 0.480 e. The van der Waals surface area contributed by atoms with E-state index in [9.17, 15) is 14.7 Å². The van der Waals surface area contributed by atoms with Crippen molar-refractivity contribution in [3.63, 3.8) is 0 Å². The molecular formula is C20H23N3O4. The summed E-state index contributed by atoms with van der Waals surface area (Å²) in [7, 11) is 0. The summed E-state index contributed by atoms with van der Waals surface area (Å²) in [6, 6.07) is 8.82. The fraction of sp³-hybridized carbons (Fsp3) is 0.500. The van der Waals surface area contributed by atoms with Gasteiger partial charge in [-0.1, -0.05) is 31.0 Å². The summed E-state index contributed by atoms with van der Waals surface area (Å²) in [4.78, 5) is 26.1. The van der Waals surface area contributed by atoms with Crippen LogP contribution in [-0.4, -0.2) is 44.2 Å². The molecule has 0 unspecified atom stereocenters. The Kier molecular flexibility index (Phi) is 4.92. The van der Waals surface area contributed by atoms with Crippen LogP contribution in [0.2, 0.25) is 0 Å². The van der Waals surface area contributed by atoms with Crippen LogP contribution in [0, 0.1) is 5.92 Å². The smallest absolute Gasteiger partial charge is 0.326 e. The van der Waals surface area contributed by atoms with Gasteiger partial charge in [-0.25, -0.2) is 4.79 Å². The first-order valence-electron chi connectivity index (χ1n) is 9.55. The van der Waals surface area contributed by atoms with Crippen molar-refractivity contribution in [2.75, 3.05) is 0 Å². The minimum absolute atomic E-state index is 0.0647. The molecule has 4 rings (SSSR count). The summed E-state index contributed by atoms with van der Waals surface area (Å²) >= 11 is 0. The number of carboxylic acid groups (broad SMARTS) is 1. The molecule has 1 saturated carbocycles. The number of aryl methyl sites for hydroxylation is 1. The van der Waals surface area contributed by atoms with Crippen LogP contribution < -0.4 is 0 Å². The molecule has 2 fully saturated rings. The summed E-state index contributed by atoms with van der Waals surface area (Å²) in [5.41, 5.74) is 0.832. The lowest BCUT2D eigenvalue weighted by Crippen LogP contribution is -2.46. The highest BCUT2D eigenvalue weighted by molar-refractivity contribution is 5.84. The Morgan fingerprint density at radius 1 is 1.15 bits per heavy atom. The maximum atomic E-state index is 12.8. The molecule has 142 valence electrons. The van der Waals surface area contributed by atoms with Crippen molar-refractivity contribution in [1.29, 1.82) is 0 Å². The Labute approximate surface area is 157 Å². The number of hydrogen-bond acceptors (Lipinski definition) is 5. The molecular weight excluding hydrogens is 346 g/mol. The van der Waals surface area contributed by atoms with E-state index in [1.165, 1.54) is 0 Å². The number of carbonyl (C=O) groups is 2. The highest BCUT2D eigenvalue weighted by Gasteiger charge is 2.47. The molecule has 7 nitrogen and oxygen atoms in total. The van der Waals surface area contributed by atoms with Gasteiger partial charge in [0, 0.05) is 24.4 Å². The number of rotatable bonds is 5. The molecule has 2 heterocycles. The predicted octanol–water partition coefficient (Wildman–Crippen LogP) is 2.91. The van der Waals surface area contributed by atoms with Crippen molar-refractivity contribution in [2.45, 2.75) is 57.0 Å². The Morgan fingerprint density at radius 2 is 1.93 bits per heavy atom. The van der Waals surface area contributed by atoms with Gasteiger partial charge in [0.25, 0.3) is 0 Å². The Bertz CT molecular complexity index is 820. The number of carbonyl (C=O) groups excluding carboxylic acids is 1. The van der Waals surface area contributed by atoms with Crippen molar-refractivity contribution in [1.82, 2.24) is 15.1 Å². The summed E-state index contributed by atoms with van der Waals surface area (Å²) in [6.07, 6.45) is 5.18. The SMILES string of the molecule is O=C(O)[C@@H]1C[C@H]2CCCC[C@H]2N1C(=O)CCc1nnc(-c2ccccc2)o1. The molecule has 1 aliphatic heterocycles. The standard InChI is InChI=1S/C20H23N3O4/c24-18(23-15-9-5-4-8-14(15)12-16(23)20(25)26)11-10-17-21-22-19(27-17)13-6-2-1-3-7-13/h1-3,6-7,14-16H,4-5,8-12H2,(H,25,26)/t14-,15-,16+/m1/s1. The maximum absolute atomic E-state index is 12.8. The van der Waals surface area contributed by atoms with Gasteiger partial charge < -0.3 is 14.4 Å². The topological polar surface area (TPSA) is 96.5 Å². The average Bonchev–Trinajstić information content (AvgIpc) is 3.32. The number of hydrogen-bond donors (Lipinski definition) is 1. The molecule has 1 saturated heterocycles. The molecule has 7 heteroatoms. The van der Waals surface area contributed by atoms with Gasteiger partial charge in [-0.2, -0.15) is 0 Å². The van der Waals surface area contributed by atoms with Crippen LogP contribution >= 0.6 is 0 Å². The second-order valence-corrected chi connectivity index (χ2v) is 7.37. The quantitative estimate of drug-likeness (QED) is 0.870. The number of nitrogens with zero attached hydrogens (tertiary/aromatic N) is 3. The third-order valence-electron chi connectivity index (χ3n) is 5.70. The fourth-order valence-electron chi connectivity index (χ4n) is 4.43. The van der Waals surface area contributed by atoms with Crippen LogP contribution in [0.1, 0.15) is 44.4 Å². The molecule has 1 amide bonds. The lowest BCUT2D eigenvalue weighted by atomic mass is 9.84. The van der Waals surface area contributed by atoms with Gasteiger partial charge in [-0.05, 0) is 37.3 Å². The van der Waals surface area contributed by atoms with Gasteiger partial charge in [0.05, 0.1) is 0 Å². The number of likely N-dealkylation sites (tertiary alicyclic amines) is 1. The molecule has 1 aromatic heterocycles. The summed E-state index contributed by atoms with van der Waals surface area (Å²) in [6.45, 7) is 0. The molecule has 1 aliphatic carbocycles. The number of benzene rings is 1. The van der Waals surface area contributed by atoms with Gasteiger partial charge in [0.2, 0.25) is 17.7 Å². The van der Waals surface area contributed by atoms with E-state index in [0.717, 1.165) is 31.2 Å². The molecule has 27 heavy (non-hydrogen) atoms. The average molecular weight is 369 g/mol. The lowest BCUT2D eigenvalue weighted by molar-refractivity contribution is -0.149. The second-order valence-electron chi connectivity index (χ2n) is 7.37. The molecule has 2 aromatic rings. The fourth-order valence-corrected chi connectivity index (χ4v) is 4.43. The van der Waals surface area contributed by atoms with E-state index in [1.807, 2.05) is 30.3 Å². The Morgan fingerprint density at radius 3 is 2.70 bits per heavy atom. The lowest BCUT2D eigenvalue weighted by Gasteiger charge is -2.33. The normalized spacial score (nSPS) is 24.6. The van der Waals surface area contributed by atoms with Gasteiger partial charge >= 0.3 is 5.97 Å². The summed E-state index contributed by atoms with van der Waals surface area (Å²) < 4.78 is 5.65. The summed E-state index contributed by atoms with van der Waals surface area (Å²) in [5.74, 6) is 0.110. The van der Waals surface area contributed by atoms with E-state index in [0.29, 0.717) is 30.5 Å². The van der Waals surface area contributed by atoms with Gasteiger partial charge in [0.1, 0.15) is 6.04 Å². The van der Waals surface area contributed by atoms with Crippen LogP contribution in [0.5, 0.6) is 0 Å². The minimum Gasteiger partial charge on any atom is -0.480 e.